The first-order valence-corrected chi connectivity index (χ1v) is 7.54. The lowest BCUT2D eigenvalue weighted by atomic mass is 9.77. The Morgan fingerprint density at radius 1 is 1.10 bits per heavy atom. The van der Waals surface area contributed by atoms with E-state index in [1.54, 1.807) is 7.11 Å². The highest BCUT2D eigenvalue weighted by atomic mass is 16.5. The Balaban J connectivity index is 2.30. The molecule has 1 unspecified atom stereocenters. The Hall–Kier alpha value is -1.80. The summed E-state index contributed by atoms with van der Waals surface area (Å²) in [4.78, 5) is 0. The van der Waals surface area contributed by atoms with E-state index in [9.17, 15) is 0 Å². The predicted molar refractivity (Wildman–Crippen MR) is 88.9 cm³/mol. The number of nitrogens with two attached hydrogens (primary N) is 1. The van der Waals surface area contributed by atoms with Crippen molar-refractivity contribution in [1.82, 2.24) is 0 Å². The van der Waals surface area contributed by atoms with Gasteiger partial charge in [0.05, 0.1) is 7.11 Å². The summed E-state index contributed by atoms with van der Waals surface area (Å²) >= 11 is 0. The molecule has 0 spiro atoms. The van der Waals surface area contributed by atoms with E-state index in [0.717, 1.165) is 18.6 Å². The SMILES string of the molecule is CCc1cc(CC(C)(CN)c2ccccc2)ccc1OC. The Bertz CT molecular complexity index is 579. The van der Waals surface area contributed by atoms with Gasteiger partial charge in [-0.1, -0.05) is 56.3 Å². The first-order valence-electron chi connectivity index (χ1n) is 7.54. The zero-order valence-corrected chi connectivity index (χ0v) is 13.2. The second kappa shape index (κ2) is 6.77. The fraction of sp³-hybridized carbons (Fsp3) is 0.368. The van der Waals surface area contributed by atoms with Crippen LogP contribution >= 0.6 is 0 Å². The van der Waals surface area contributed by atoms with Crippen molar-refractivity contribution in [1.29, 1.82) is 0 Å². The van der Waals surface area contributed by atoms with E-state index in [-0.39, 0.29) is 5.41 Å². The topological polar surface area (TPSA) is 35.2 Å². The van der Waals surface area contributed by atoms with Gasteiger partial charge in [0.15, 0.2) is 0 Å². The first-order chi connectivity index (χ1) is 10.1. The molecule has 2 aromatic rings. The van der Waals surface area contributed by atoms with Crippen LogP contribution < -0.4 is 10.5 Å². The van der Waals surface area contributed by atoms with Crippen LogP contribution in [0.1, 0.15) is 30.5 Å². The molecule has 0 aromatic heterocycles. The molecule has 21 heavy (non-hydrogen) atoms. The lowest BCUT2D eigenvalue weighted by molar-refractivity contribution is 0.409. The van der Waals surface area contributed by atoms with Gasteiger partial charge in [-0.3, -0.25) is 0 Å². The van der Waals surface area contributed by atoms with Gasteiger partial charge in [-0.25, -0.2) is 0 Å². The van der Waals surface area contributed by atoms with Crippen LogP contribution in [0.3, 0.4) is 0 Å². The molecule has 0 fully saturated rings. The minimum atomic E-state index is -0.0408. The van der Waals surface area contributed by atoms with Crippen molar-refractivity contribution in [2.24, 2.45) is 5.73 Å². The first kappa shape index (κ1) is 15.6. The maximum Gasteiger partial charge on any atom is 0.122 e. The van der Waals surface area contributed by atoms with Crippen molar-refractivity contribution < 1.29 is 4.74 Å². The van der Waals surface area contributed by atoms with E-state index in [1.165, 1.54) is 16.7 Å². The second-order valence-electron chi connectivity index (χ2n) is 5.81. The molecule has 112 valence electrons. The third-order valence-corrected chi connectivity index (χ3v) is 4.24. The summed E-state index contributed by atoms with van der Waals surface area (Å²) in [6, 6.07) is 17.0. The maximum absolute atomic E-state index is 6.09. The lowest BCUT2D eigenvalue weighted by Crippen LogP contribution is -2.34. The molecule has 2 rings (SSSR count). The third kappa shape index (κ3) is 3.45. The highest BCUT2D eigenvalue weighted by Crippen LogP contribution is 2.29. The van der Waals surface area contributed by atoms with Crippen LogP contribution in [0.2, 0.25) is 0 Å². The van der Waals surface area contributed by atoms with E-state index >= 15 is 0 Å². The summed E-state index contributed by atoms with van der Waals surface area (Å²) in [6.07, 6.45) is 1.91. The molecule has 0 amide bonds. The van der Waals surface area contributed by atoms with Crippen LogP contribution in [-0.4, -0.2) is 13.7 Å². The smallest absolute Gasteiger partial charge is 0.122 e. The molecule has 0 saturated heterocycles. The van der Waals surface area contributed by atoms with Crippen molar-refractivity contribution >= 4 is 0 Å². The summed E-state index contributed by atoms with van der Waals surface area (Å²) < 4.78 is 5.41. The van der Waals surface area contributed by atoms with E-state index in [4.69, 9.17) is 10.5 Å². The number of ether oxygens (including phenoxy) is 1. The van der Waals surface area contributed by atoms with Gasteiger partial charge in [-0.05, 0) is 35.6 Å². The van der Waals surface area contributed by atoms with Crippen molar-refractivity contribution in [3.05, 3.63) is 65.2 Å². The summed E-state index contributed by atoms with van der Waals surface area (Å²) in [7, 11) is 1.72. The summed E-state index contributed by atoms with van der Waals surface area (Å²) in [5.41, 5.74) is 9.90. The minimum absolute atomic E-state index is 0.0408. The van der Waals surface area contributed by atoms with Gasteiger partial charge in [-0.2, -0.15) is 0 Å². The zero-order valence-electron chi connectivity index (χ0n) is 13.2. The van der Waals surface area contributed by atoms with Crippen molar-refractivity contribution in [3.63, 3.8) is 0 Å². The van der Waals surface area contributed by atoms with Crippen LogP contribution in [0.15, 0.2) is 48.5 Å². The Labute approximate surface area is 127 Å². The number of hydrogen-bond donors (Lipinski definition) is 1. The largest absolute Gasteiger partial charge is 0.496 e. The van der Waals surface area contributed by atoms with Crippen molar-refractivity contribution in [3.8, 4) is 5.75 Å². The fourth-order valence-electron chi connectivity index (χ4n) is 2.80. The normalized spacial score (nSPS) is 13.7. The number of benzene rings is 2. The molecule has 2 heteroatoms. The number of hydrogen-bond acceptors (Lipinski definition) is 2. The summed E-state index contributed by atoms with van der Waals surface area (Å²) in [6.45, 7) is 5.02. The summed E-state index contributed by atoms with van der Waals surface area (Å²) in [5, 5.41) is 0. The van der Waals surface area contributed by atoms with Crippen molar-refractivity contribution in [2.45, 2.75) is 32.1 Å². The lowest BCUT2D eigenvalue weighted by Gasteiger charge is -2.29. The standard InChI is InChI=1S/C19H25NO/c1-4-16-12-15(10-11-18(16)21-3)13-19(2,14-20)17-8-6-5-7-9-17/h5-12H,4,13-14,20H2,1-3H3. The van der Waals surface area contributed by atoms with E-state index in [2.05, 4.69) is 56.3 Å². The van der Waals surface area contributed by atoms with E-state index in [1.807, 2.05) is 6.07 Å². The molecule has 0 aliphatic rings. The predicted octanol–water partition coefficient (Wildman–Crippen LogP) is 3.72. The second-order valence-corrected chi connectivity index (χ2v) is 5.81. The van der Waals surface area contributed by atoms with Gasteiger partial charge in [-0.15, -0.1) is 0 Å². The van der Waals surface area contributed by atoms with Crippen LogP contribution in [0, 0.1) is 0 Å². The van der Waals surface area contributed by atoms with Gasteiger partial charge in [0, 0.05) is 12.0 Å². The number of rotatable bonds is 6. The summed E-state index contributed by atoms with van der Waals surface area (Å²) in [5.74, 6) is 0.968. The molecule has 0 aliphatic heterocycles. The quantitative estimate of drug-likeness (QED) is 0.877. The number of aryl methyl sites for hydroxylation is 1. The Kier molecular flexibility index (Phi) is 5.03. The van der Waals surface area contributed by atoms with Crippen LogP contribution in [0.4, 0.5) is 0 Å². The number of methoxy groups -OCH3 is 1. The van der Waals surface area contributed by atoms with Gasteiger partial charge in [0.1, 0.15) is 5.75 Å². The molecule has 1 atom stereocenters. The highest BCUT2D eigenvalue weighted by Gasteiger charge is 2.25. The molecule has 0 bridgehead atoms. The fourth-order valence-corrected chi connectivity index (χ4v) is 2.80. The van der Waals surface area contributed by atoms with Gasteiger partial charge < -0.3 is 10.5 Å². The van der Waals surface area contributed by atoms with Crippen LogP contribution in [0.5, 0.6) is 5.75 Å². The van der Waals surface area contributed by atoms with Gasteiger partial charge in [0.2, 0.25) is 0 Å². The van der Waals surface area contributed by atoms with Crippen LogP contribution in [0.25, 0.3) is 0 Å². The zero-order chi connectivity index (χ0) is 15.3. The molecule has 2 aromatic carbocycles. The third-order valence-electron chi connectivity index (χ3n) is 4.24. The van der Waals surface area contributed by atoms with Gasteiger partial charge in [0.25, 0.3) is 0 Å². The molecule has 0 heterocycles. The maximum atomic E-state index is 6.09. The average molecular weight is 283 g/mol. The molecule has 2 N–H and O–H groups in total. The molecule has 0 aliphatic carbocycles. The molecule has 0 radical (unpaired) electrons. The minimum Gasteiger partial charge on any atom is -0.496 e. The average Bonchev–Trinajstić information content (AvgIpc) is 2.55. The van der Waals surface area contributed by atoms with E-state index in [0.29, 0.717) is 6.54 Å². The van der Waals surface area contributed by atoms with Gasteiger partial charge >= 0.3 is 0 Å². The molecular formula is C19H25NO. The molecular weight excluding hydrogens is 258 g/mol. The van der Waals surface area contributed by atoms with Crippen LogP contribution in [-0.2, 0) is 18.3 Å². The monoisotopic (exact) mass is 283 g/mol. The Morgan fingerprint density at radius 2 is 1.81 bits per heavy atom. The molecule has 2 nitrogen and oxygen atoms in total. The molecule has 0 saturated carbocycles. The highest BCUT2D eigenvalue weighted by molar-refractivity contribution is 5.39. The Morgan fingerprint density at radius 3 is 2.38 bits per heavy atom. The van der Waals surface area contributed by atoms with Crippen molar-refractivity contribution in [2.75, 3.05) is 13.7 Å². The van der Waals surface area contributed by atoms with E-state index < -0.39 is 0 Å².